The second-order valence-corrected chi connectivity index (χ2v) is 13.0. The van der Waals surface area contributed by atoms with Crippen molar-refractivity contribution in [2.45, 2.75) is 77.7 Å². The first kappa shape index (κ1) is 39.0. The molecule has 0 atom stereocenters. The quantitative estimate of drug-likeness (QED) is 0.196. The van der Waals surface area contributed by atoms with Crippen molar-refractivity contribution in [3.8, 4) is 0 Å². The van der Waals surface area contributed by atoms with E-state index < -0.39 is 15.6 Å². The van der Waals surface area contributed by atoms with E-state index in [0.717, 1.165) is 16.7 Å². The minimum Gasteiger partial charge on any atom is -0.207 e. The lowest BCUT2D eigenvalue weighted by Gasteiger charge is -2.42. The summed E-state index contributed by atoms with van der Waals surface area (Å²) in [4.78, 5) is 0.340. The highest BCUT2D eigenvalue weighted by Gasteiger charge is 2.48. The van der Waals surface area contributed by atoms with Crippen molar-refractivity contribution < 1.29 is 8.42 Å². The van der Waals surface area contributed by atoms with Crippen LogP contribution in [-0.4, -0.2) is 8.42 Å². The van der Waals surface area contributed by atoms with Gasteiger partial charge in [0.15, 0.2) is 0 Å². The summed E-state index contributed by atoms with van der Waals surface area (Å²) in [5, 5.41) is 0. The minimum absolute atomic E-state index is 0.340. The van der Waals surface area contributed by atoms with E-state index in [1.54, 1.807) is 12.1 Å². The number of sulfonamides is 1. The van der Waals surface area contributed by atoms with E-state index >= 15 is 0 Å². The summed E-state index contributed by atoms with van der Waals surface area (Å²) in [5.41, 5.74) is 10.6. The van der Waals surface area contributed by atoms with Crippen molar-refractivity contribution in [1.82, 2.24) is 4.72 Å². The topological polar surface area (TPSA) is 46.2 Å². The largest absolute Gasteiger partial charge is 0.242 e. The molecule has 0 unspecified atom stereocenters. The molecule has 6 aromatic rings. The average molecular weight is 696 g/mol. The number of fused-ring (bicyclic) bond motifs is 1. The molecular formula is C47H53NO2S. The van der Waals surface area contributed by atoms with E-state index in [-0.39, 0.29) is 0 Å². The van der Waals surface area contributed by atoms with Gasteiger partial charge in [0.2, 0.25) is 10.0 Å². The van der Waals surface area contributed by atoms with Crippen LogP contribution >= 0.6 is 0 Å². The van der Waals surface area contributed by atoms with Crippen molar-refractivity contribution in [2.75, 3.05) is 0 Å². The Labute approximate surface area is 307 Å². The normalized spacial score (nSPS) is 16.6. The number of hydrogen-bond acceptors (Lipinski definition) is 2. The van der Waals surface area contributed by atoms with E-state index in [0.29, 0.717) is 16.7 Å². The van der Waals surface area contributed by atoms with Crippen molar-refractivity contribution >= 4 is 10.0 Å². The van der Waals surface area contributed by atoms with Crippen LogP contribution in [0.4, 0.5) is 0 Å². The summed E-state index contributed by atoms with van der Waals surface area (Å²) in [6.45, 7) is 16.0. The second-order valence-electron chi connectivity index (χ2n) is 11.3. The molecule has 10 rings (SSSR count). The molecule has 3 nitrogen and oxygen atoms in total. The Morgan fingerprint density at radius 2 is 0.667 bits per heavy atom. The van der Waals surface area contributed by atoms with Gasteiger partial charge in [-0.2, -0.15) is 4.72 Å². The fourth-order valence-electron chi connectivity index (χ4n) is 7.41. The Kier molecular flexibility index (Phi) is 13.7. The van der Waals surface area contributed by atoms with E-state index in [9.17, 15) is 8.42 Å². The average Bonchev–Trinajstić information content (AvgIpc) is 3.49. The molecule has 1 aliphatic heterocycles. The summed E-state index contributed by atoms with van der Waals surface area (Å²) in [7, 11) is -3.56. The molecule has 0 aromatic heterocycles. The smallest absolute Gasteiger partial charge is 0.207 e. The van der Waals surface area contributed by atoms with Gasteiger partial charge in [0, 0.05) is 17.4 Å². The fraction of sp³-hybridized carbons (Fsp3) is 0.234. The predicted octanol–water partition coefficient (Wildman–Crippen LogP) is 12.0. The van der Waals surface area contributed by atoms with Crippen LogP contribution in [0.3, 0.4) is 0 Å². The minimum atomic E-state index is -3.56. The maximum absolute atomic E-state index is 12.7. The highest BCUT2D eigenvalue weighted by molar-refractivity contribution is 7.90. The first-order valence-corrected chi connectivity index (χ1v) is 20.1. The SMILES string of the molecule is CC.CC.CC.CC.O=S1(=O)NC(c2ccccc2)(c2ccccc2)c2ccccc21.c1ccc2c(c1)C1c3ccccc3C2c2ccccc21. The van der Waals surface area contributed by atoms with Crippen LogP contribution in [0.5, 0.6) is 0 Å². The van der Waals surface area contributed by atoms with Crippen molar-refractivity contribution in [1.29, 1.82) is 0 Å². The summed E-state index contributed by atoms with van der Waals surface area (Å²) < 4.78 is 28.3. The van der Waals surface area contributed by atoms with Crippen molar-refractivity contribution in [3.63, 3.8) is 0 Å². The lowest BCUT2D eigenvalue weighted by Crippen LogP contribution is -2.41. The molecule has 3 aliphatic carbocycles. The maximum Gasteiger partial charge on any atom is 0.242 e. The van der Waals surface area contributed by atoms with Crippen LogP contribution in [0.1, 0.15) is 117 Å². The number of benzene rings is 6. The summed E-state index contributed by atoms with van der Waals surface area (Å²) in [6.07, 6.45) is 0. The Bertz CT molecular complexity index is 1870. The molecule has 264 valence electrons. The van der Waals surface area contributed by atoms with Crippen LogP contribution < -0.4 is 4.72 Å². The molecule has 1 N–H and O–H groups in total. The third kappa shape index (κ3) is 7.08. The summed E-state index contributed by atoms with van der Waals surface area (Å²) >= 11 is 0. The summed E-state index contributed by atoms with van der Waals surface area (Å²) in [6, 6.07) is 53.4. The Hall–Kier alpha value is -4.77. The van der Waals surface area contributed by atoms with Gasteiger partial charge in [-0.3, -0.25) is 0 Å². The Morgan fingerprint density at radius 3 is 1.00 bits per heavy atom. The van der Waals surface area contributed by atoms with Crippen LogP contribution in [-0.2, 0) is 15.6 Å². The lowest BCUT2D eigenvalue weighted by atomic mass is 9.61. The van der Waals surface area contributed by atoms with E-state index in [1.165, 1.54) is 33.4 Å². The van der Waals surface area contributed by atoms with Crippen LogP contribution in [0.2, 0.25) is 0 Å². The predicted molar refractivity (Wildman–Crippen MR) is 216 cm³/mol. The van der Waals surface area contributed by atoms with Gasteiger partial charge in [-0.1, -0.05) is 207 Å². The van der Waals surface area contributed by atoms with Crippen LogP contribution in [0, 0.1) is 0 Å². The molecule has 0 amide bonds. The molecule has 0 radical (unpaired) electrons. The molecule has 0 spiro atoms. The van der Waals surface area contributed by atoms with Crippen LogP contribution in [0.25, 0.3) is 0 Å². The maximum atomic E-state index is 12.7. The number of nitrogens with one attached hydrogen (secondary N) is 1. The molecule has 51 heavy (non-hydrogen) atoms. The van der Waals surface area contributed by atoms with E-state index in [4.69, 9.17) is 0 Å². The molecule has 4 heteroatoms. The zero-order valence-corrected chi connectivity index (χ0v) is 32.2. The molecule has 6 aromatic carbocycles. The van der Waals surface area contributed by atoms with Gasteiger partial charge in [0.25, 0.3) is 0 Å². The van der Waals surface area contributed by atoms with Gasteiger partial charge in [0.1, 0.15) is 5.54 Å². The molecule has 1 heterocycles. The lowest BCUT2D eigenvalue weighted by molar-refractivity contribution is 0.552. The third-order valence-corrected chi connectivity index (χ3v) is 10.6. The van der Waals surface area contributed by atoms with E-state index in [1.807, 2.05) is 128 Å². The standard InChI is InChI=1S/C20H14.C19H15NO2S.4C2H6/c1-2-8-14-13(7-1)19-15-9-3-5-11-17(15)20(14)18-12-6-4-10-16(18)19;21-23(22)18-14-8-7-13-17(18)19(20-23,15-9-3-1-4-10-15)16-11-5-2-6-12-16;4*1-2/h1-12,19-20H;1-14,20H;4*1-2H3. The molecular weight excluding hydrogens is 643 g/mol. The monoisotopic (exact) mass is 695 g/mol. The Morgan fingerprint density at radius 1 is 0.392 bits per heavy atom. The first-order chi connectivity index (χ1) is 25.1. The van der Waals surface area contributed by atoms with Gasteiger partial charge >= 0.3 is 0 Å². The molecule has 0 fully saturated rings. The zero-order valence-electron chi connectivity index (χ0n) is 31.4. The van der Waals surface area contributed by atoms with Gasteiger partial charge in [-0.25, -0.2) is 8.42 Å². The Balaban J connectivity index is 0.000000193. The van der Waals surface area contributed by atoms with E-state index in [2.05, 4.69) is 77.5 Å². The molecule has 0 saturated heterocycles. The van der Waals surface area contributed by atoms with Crippen molar-refractivity contribution in [2.24, 2.45) is 0 Å². The van der Waals surface area contributed by atoms with Gasteiger partial charge in [0.05, 0.1) is 4.90 Å². The zero-order chi connectivity index (χ0) is 37.0. The van der Waals surface area contributed by atoms with Gasteiger partial charge < -0.3 is 0 Å². The van der Waals surface area contributed by atoms with Crippen molar-refractivity contribution in [3.05, 3.63) is 208 Å². The van der Waals surface area contributed by atoms with Crippen LogP contribution in [0.15, 0.2) is 163 Å². The number of hydrogen-bond donors (Lipinski definition) is 1. The second kappa shape index (κ2) is 17.9. The highest BCUT2D eigenvalue weighted by atomic mass is 32.2. The summed E-state index contributed by atoms with van der Waals surface area (Å²) in [5.74, 6) is 0.840. The van der Waals surface area contributed by atoms with Gasteiger partial charge in [-0.15, -0.1) is 0 Å². The molecule has 2 bridgehead atoms. The fourth-order valence-corrected chi connectivity index (χ4v) is 9.04. The third-order valence-electron chi connectivity index (χ3n) is 9.14. The molecule has 0 saturated carbocycles. The van der Waals surface area contributed by atoms with Gasteiger partial charge in [-0.05, 0) is 50.6 Å². The molecule has 4 aliphatic rings. The highest BCUT2D eigenvalue weighted by Crippen LogP contribution is 2.55. The number of rotatable bonds is 2. The first-order valence-electron chi connectivity index (χ1n) is 18.6.